The van der Waals surface area contributed by atoms with Crippen molar-refractivity contribution < 1.29 is 15.2 Å². The highest BCUT2D eigenvalue weighted by Gasteiger charge is 2.62. The van der Waals surface area contributed by atoms with Crippen LogP contribution in [0.3, 0.4) is 0 Å². The summed E-state index contributed by atoms with van der Waals surface area (Å²) in [5.74, 6) is -0.419. The summed E-state index contributed by atoms with van der Waals surface area (Å²) in [7, 11) is 0. The zero-order chi connectivity index (χ0) is 13.3. The average molecular weight is 240 g/mol. The Morgan fingerprint density at radius 1 is 1.35 bits per heavy atom. The Kier molecular flexibility index (Phi) is 3.62. The SMILES string of the molecule is C=CC1(CC)/C(=N\O)C(CC)(CC)C(=O)N1O. The minimum atomic E-state index is -1.09. The molecule has 0 radical (unpaired) electrons. The molecule has 0 aromatic heterocycles. The molecule has 5 heteroatoms. The Labute approximate surface area is 101 Å². The first kappa shape index (κ1) is 13.7. The molecule has 1 heterocycles. The molecule has 0 aromatic carbocycles. The van der Waals surface area contributed by atoms with Crippen LogP contribution in [0, 0.1) is 5.41 Å². The molecule has 0 aliphatic carbocycles. The highest BCUT2D eigenvalue weighted by Crippen LogP contribution is 2.46. The lowest BCUT2D eigenvalue weighted by molar-refractivity contribution is -0.177. The predicted molar refractivity (Wildman–Crippen MR) is 64.1 cm³/mol. The van der Waals surface area contributed by atoms with Gasteiger partial charge in [0.1, 0.15) is 11.3 Å². The summed E-state index contributed by atoms with van der Waals surface area (Å²) in [5.41, 5.74) is -1.72. The number of hydrogen-bond donors (Lipinski definition) is 2. The molecule has 1 aliphatic rings. The van der Waals surface area contributed by atoms with Gasteiger partial charge in [-0.2, -0.15) is 0 Å². The van der Waals surface area contributed by atoms with Crippen LogP contribution in [-0.4, -0.2) is 32.6 Å². The van der Waals surface area contributed by atoms with Crippen molar-refractivity contribution in [2.45, 2.75) is 45.6 Å². The Morgan fingerprint density at radius 3 is 2.18 bits per heavy atom. The second-order valence-corrected chi connectivity index (χ2v) is 4.34. The first-order valence-electron chi connectivity index (χ1n) is 5.90. The van der Waals surface area contributed by atoms with E-state index in [1.165, 1.54) is 6.08 Å². The second-order valence-electron chi connectivity index (χ2n) is 4.34. The molecule has 0 aromatic rings. The molecule has 1 fully saturated rings. The number of carbonyl (C=O) groups excluding carboxylic acids is 1. The largest absolute Gasteiger partial charge is 0.411 e. The van der Waals surface area contributed by atoms with Crippen LogP contribution in [0.15, 0.2) is 17.8 Å². The van der Waals surface area contributed by atoms with E-state index in [2.05, 4.69) is 11.7 Å². The fourth-order valence-electron chi connectivity index (χ4n) is 2.71. The van der Waals surface area contributed by atoms with Crippen LogP contribution in [0.1, 0.15) is 40.0 Å². The number of hydrogen-bond acceptors (Lipinski definition) is 4. The number of carbonyl (C=O) groups is 1. The third-order valence-corrected chi connectivity index (χ3v) is 4.03. The number of hydroxylamine groups is 2. The van der Waals surface area contributed by atoms with Crippen molar-refractivity contribution in [3.8, 4) is 0 Å². The Balaban J connectivity index is 3.51. The van der Waals surface area contributed by atoms with Gasteiger partial charge in [-0.05, 0) is 19.3 Å². The van der Waals surface area contributed by atoms with E-state index < -0.39 is 16.9 Å². The van der Waals surface area contributed by atoms with E-state index in [4.69, 9.17) is 0 Å². The van der Waals surface area contributed by atoms with Crippen molar-refractivity contribution in [3.05, 3.63) is 12.7 Å². The van der Waals surface area contributed by atoms with E-state index in [9.17, 15) is 15.2 Å². The van der Waals surface area contributed by atoms with Crippen LogP contribution in [0.2, 0.25) is 0 Å². The van der Waals surface area contributed by atoms with E-state index in [1.807, 2.05) is 20.8 Å². The Hall–Kier alpha value is -1.36. The lowest BCUT2D eigenvalue weighted by Gasteiger charge is -2.30. The topological polar surface area (TPSA) is 73.1 Å². The molecule has 1 rings (SSSR count). The maximum Gasteiger partial charge on any atom is 0.259 e. The van der Waals surface area contributed by atoms with Crippen molar-refractivity contribution in [2.24, 2.45) is 10.6 Å². The van der Waals surface area contributed by atoms with Gasteiger partial charge in [0.25, 0.3) is 5.91 Å². The van der Waals surface area contributed by atoms with Crippen LogP contribution in [-0.2, 0) is 4.79 Å². The van der Waals surface area contributed by atoms with Gasteiger partial charge in [-0.3, -0.25) is 10.0 Å². The molecule has 2 N–H and O–H groups in total. The lowest BCUT2D eigenvalue weighted by atomic mass is 9.73. The third kappa shape index (κ3) is 1.42. The van der Waals surface area contributed by atoms with Crippen LogP contribution in [0.5, 0.6) is 0 Å². The normalized spacial score (nSPS) is 30.0. The average Bonchev–Trinajstić information content (AvgIpc) is 2.56. The Morgan fingerprint density at radius 2 is 1.88 bits per heavy atom. The highest BCUT2D eigenvalue weighted by atomic mass is 16.5. The first-order valence-corrected chi connectivity index (χ1v) is 5.90. The molecule has 1 unspecified atom stereocenters. The van der Waals surface area contributed by atoms with Gasteiger partial charge in [0, 0.05) is 0 Å². The first-order chi connectivity index (χ1) is 8.00. The summed E-state index contributed by atoms with van der Waals surface area (Å²) in [4.78, 5) is 12.2. The van der Waals surface area contributed by atoms with Crippen molar-refractivity contribution in [1.82, 2.24) is 5.06 Å². The predicted octanol–water partition coefficient (Wildman–Crippen LogP) is 2.19. The van der Waals surface area contributed by atoms with Crippen molar-refractivity contribution in [3.63, 3.8) is 0 Å². The van der Waals surface area contributed by atoms with Gasteiger partial charge in [-0.15, -0.1) is 6.58 Å². The van der Waals surface area contributed by atoms with Crippen molar-refractivity contribution >= 4 is 11.6 Å². The maximum absolute atomic E-state index is 12.2. The van der Waals surface area contributed by atoms with Gasteiger partial charge in [0.05, 0.1) is 5.41 Å². The number of rotatable bonds is 4. The van der Waals surface area contributed by atoms with E-state index in [1.54, 1.807) is 0 Å². The molecule has 1 aliphatic heterocycles. The molecule has 1 atom stereocenters. The fourth-order valence-corrected chi connectivity index (χ4v) is 2.71. The Bertz CT molecular complexity index is 361. The quantitative estimate of drug-likeness (QED) is 0.342. The molecule has 1 amide bonds. The van der Waals surface area contributed by atoms with Crippen LogP contribution < -0.4 is 0 Å². The third-order valence-electron chi connectivity index (χ3n) is 4.03. The van der Waals surface area contributed by atoms with Gasteiger partial charge in [-0.1, -0.05) is 32.0 Å². The summed E-state index contributed by atoms with van der Waals surface area (Å²) in [6, 6.07) is 0. The van der Waals surface area contributed by atoms with Gasteiger partial charge in [0.15, 0.2) is 0 Å². The van der Waals surface area contributed by atoms with Crippen molar-refractivity contribution in [2.75, 3.05) is 0 Å². The minimum Gasteiger partial charge on any atom is -0.411 e. The standard InChI is InChI=1S/C12H20N2O3/c1-5-11(6-2)9(13-16)12(7-3,8-4)14(17)10(11)15/h7,16-17H,3,5-6,8H2,1-2,4H3/b13-9-. The lowest BCUT2D eigenvalue weighted by Crippen LogP contribution is -2.46. The molecular formula is C12H20N2O3. The summed E-state index contributed by atoms with van der Waals surface area (Å²) in [6.45, 7) is 9.15. The molecule has 0 bridgehead atoms. The van der Waals surface area contributed by atoms with Gasteiger partial charge in [0.2, 0.25) is 0 Å². The van der Waals surface area contributed by atoms with E-state index in [0.29, 0.717) is 30.0 Å². The monoisotopic (exact) mass is 240 g/mol. The smallest absolute Gasteiger partial charge is 0.259 e. The zero-order valence-electron chi connectivity index (χ0n) is 10.6. The van der Waals surface area contributed by atoms with Gasteiger partial charge >= 0.3 is 0 Å². The minimum absolute atomic E-state index is 0.292. The summed E-state index contributed by atoms with van der Waals surface area (Å²) < 4.78 is 0. The van der Waals surface area contributed by atoms with Crippen LogP contribution in [0.4, 0.5) is 0 Å². The van der Waals surface area contributed by atoms with Crippen molar-refractivity contribution in [1.29, 1.82) is 0 Å². The van der Waals surface area contributed by atoms with E-state index in [0.717, 1.165) is 0 Å². The molecule has 1 saturated heterocycles. The van der Waals surface area contributed by atoms with Gasteiger partial charge in [-0.25, -0.2) is 5.06 Å². The molecule has 17 heavy (non-hydrogen) atoms. The molecule has 96 valence electrons. The van der Waals surface area contributed by atoms with E-state index in [-0.39, 0.29) is 0 Å². The summed E-state index contributed by atoms with van der Waals surface area (Å²) in [5, 5.41) is 23.2. The summed E-state index contributed by atoms with van der Waals surface area (Å²) >= 11 is 0. The van der Waals surface area contributed by atoms with Crippen LogP contribution in [0.25, 0.3) is 0 Å². The fraction of sp³-hybridized carbons (Fsp3) is 0.667. The maximum atomic E-state index is 12.2. The molecule has 0 saturated carbocycles. The number of amides is 1. The summed E-state index contributed by atoms with van der Waals surface area (Å²) in [6.07, 6.45) is 2.84. The van der Waals surface area contributed by atoms with E-state index >= 15 is 0 Å². The van der Waals surface area contributed by atoms with Gasteiger partial charge < -0.3 is 5.21 Å². The van der Waals surface area contributed by atoms with Crippen LogP contribution >= 0.6 is 0 Å². The number of nitrogens with zero attached hydrogens (tertiary/aromatic N) is 2. The zero-order valence-corrected chi connectivity index (χ0v) is 10.6. The second kappa shape index (κ2) is 4.49. The molecular weight excluding hydrogens is 220 g/mol. The molecule has 5 nitrogen and oxygen atoms in total. The molecule has 0 spiro atoms. The number of oxime groups is 1. The highest BCUT2D eigenvalue weighted by molar-refractivity contribution is 6.19.